The molecule has 0 aromatic carbocycles. The molecule has 2 fully saturated rings. The van der Waals surface area contributed by atoms with E-state index in [-0.39, 0.29) is 29.1 Å². The van der Waals surface area contributed by atoms with Gasteiger partial charge in [-0.1, -0.05) is 33.6 Å². The maximum Gasteiger partial charge on any atom is 0.233 e. The molecule has 23 heavy (non-hydrogen) atoms. The van der Waals surface area contributed by atoms with Crippen molar-refractivity contribution in [2.24, 2.45) is 16.7 Å². The molecule has 0 spiro atoms. The number of hydrogen-bond acceptors (Lipinski definition) is 3. The van der Waals surface area contributed by atoms with Crippen LogP contribution in [0.1, 0.15) is 52.1 Å². The van der Waals surface area contributed by atoms with Crippen molar-refractivity contribution in [2.45, 2.75) is 52.9 Å². The highest BCUT2D eigenvalue weighted by atomic mass is 35.5. The maximum absolute atomic E-state index is 12.9. The smallest absolute Gasteiger partial charge is 0.233 e. The number of fused-ring (bicyclic) bond motifs is 1. The first kappa shape index (κ1) is 18.3. The highest BCUT2D eigenvalue weighted by Gasteiger charge is 2.49. The molecule has 1 aliphatic heterocycles. The molecule has 2 heterocycles. The number of halogens is 1. The third kappa shape index (κ3) is 3.89. The zero-order valence-corrected chi connectivity index (χ0v) is 15.2. The first-order valence-corrected chi connectivity index (χ1v) is 8.46. The molecule has 1 saturated carbocycles. The molecule has 130 valence electrons. The Labute approximate surface area is 144 Å². The lowest BCUT2D eigenvalue weighted by molar-refractivity contribution is -0.128. The summed E-state index contributed by atoms with van der Waals surface area (Å²) in [5.41, 5.74) is 1.06. The van der Waals surface area contributed by atoms with E-state index in [0.29, 0.717) is 11.7 Å². The summed E-state index contributed by atoms with van der Waals surface area (Å²) in [5.74, 6) is 1.29. The number of amides is 1. The molecule has 0 bridgehead atoms. The van der Waals surface area contributed by atoms with Gasteiger partial charge in [-0.3, -0.25) is 9.89 Å². The summed E-state index contributed by atoms with van der Waals surface area (Å²) in [6.07, 6.45) is 5.48. The van der Waals surface area contributed by atoms with Crippen molar-refractivity contribution in [3.8, 4) is 0 Å². The van der Waals surface area contributed by atoms with Crippen LogP contribution in [0.15, 0.2) is 6.07 Å². The second-order valence-corrected chi connectivity index (χ2v) is 8.20. The van der Waals surface area contributed by atoms with Crippen LogP contribution in [0.5, 0.6) is 0 Å². The lowest BCUT2D eigenvalue weighted by atomic mass is 9.67. The van der Waals surface area contributed by atoms with E-state index in [9.17, 15) is 4.79 Å². The average molecular weight is 341 g/mol. The molecule has 1 saturated heterocycles. The zero-order valence-electron chi connectivity index (χ0n) is 14.4. The van der Waals surface area contributed by atoms with Gasteiger partial charge in [0.15, 0.2) is 5.82 Å². The Bertz CT molecular complexity index is 551. The predicted octanol–water partition coefficient (Wildman–Crippen LogP) is 3.14. The van der Waals surface area contributed by atoms with Crippen molar-refractivity contribution in [3.63, 3.8) is 0 Å². The van der Waals surface area contributed by atoms with Gasteiger partial charge < -0.3 is 10.6 Å². The van der Waals surface area contributed by atoms with Gasteiger partial charge in [0.05, 0.1) is 5.41 Å². The number of H-pyrrole nitrogens is 1. The molecular formula is C17H29ClN4O. The quantitative estimate of drug-likeness (QED) is 0.791. The first-order valence-electron chi connectivity index (χ1n) is 8.46. The number of carbonyl (C=O) groups is 1. The number of rotatable bonds is 3. The average Bonchev–Trinajstić information content (AvgIpc) is 3.04. The second-order valence-electron chi connectivity index (χ2n) is 8.20. The van der Waals surface area contributed by atoms with E-state index in [2.05, 4.69) is 41.6 Å². The van der Waals surface area contributed by atoms with E-state index in [4.69, 9.17) is 0 Å². The lowest BCUT2D eigenvalue weighted by Crippen LogP contribution is -2.44. The first-order chi connectivity index (χ1) is 10.4. The Hall–Kier alpha value is -1.07. The van der Waals surface area contributed by atoms with Crippen LogP contribution in [0, 0.1) is 16.7 Å². The minimum absolute atomic E-state index is 0. The number of aromatic nitrogens is 2. The van der Waals surface area contributed by atoms with E-state index >= 15 is 0 Å². The van der Waals surface area contributed by atoms with Crippen molar-refractivity contribution < 1.29 is 4.79 Å². The minimum Gasteiger partial charge on any atom is -0.315 e. The molecule has 0 radical (unpaired) electrons. The molecule has 3 N–H and O–H groups in total. The molecule has 1 amide bonds. The summed E-state index contributed by atoms with van der Waals surface area (Å²) >= 11 is 0. The van der Waals surface area contributed by atoms with Crippen LogP contribution in [-0.2, 0) is 11.2 Å². The van der Waals surface area contributed by atoms with Gasteiger partial charge in [0.1, 0.15) is 0 Å². The van der Waals surface area contributed by atoms with E-state index in [1.54, 1.807) is 0 Å². The van der Waals surface area contributed by atoms with E-state index < -0.39 is 0 Å². The van der Waals surface area contributed by atoms with Crippen LogP contribution in [0.25, 0.3) is 0 Å². The van der Waals surface area contributed by atoms with Crippen LogP contribution < -0.4 is 10.6 Å². The third-order valence-corrected chi connectivity index (χ3v) is 5.08. The Morgan fingerprint density at radius 3 is 2.96 bits per heavy atom. The Balaban J connectivity index is 0.00000192. The Morgan fingerprint density at radius 1 is 1.43 bits per heavy atom. The molecule has 6 heteroatoms. The highest BCUT2D eigenvalue weighted by molar-refractivity contribution is 5.95. The number of carbonyl (C=O) groups excluding carboxylic acids is 1. The van der Waals surface area contributed by atoms with Gasteiger partial charge in [0, 0.05) is 18.3 Å². The molecule has 1 aromatic heterocycles. The monoisotopic (exact) mass is 340 g/mol. The number of anilines is 1. The molecule has 1 aromatic rings. The molecule has 2 atom stereocenters. The van der Waals surface area contributed by atoms with Crippen LogP contribution in [0.4, 0.5) is 5.82 Å². The summed E-state index contributed by atoms with van der Waals surface area (Å²) in [4.78, 5) is 12.9. The van der Waals surface area contributed by atoms with E-state index in [1.807, 2.05) is 6.07 Å². The predicted molar refractivity (Wildman–Crippen MR) is 94.9 cm³/mol. The number of aromatic amines is 1. The van der Waals surface area contributed by atoms with Gasteiger partial charge in [-0.2, -0.15) is 5.10 Å². The number of nitrogens with one attached hydrogen (secondary N) is 3. The molecule has 0 unspecified atom stereocenters. The Morgan fingerprint density at radius 2 is 2.22 bits per heavy atom. The van der Waals surface area contributed by atoms with Crippen LogP contribution in [0.2, 0.25) is 0 Å². The topological polar surface area (TPSA) is 69.8 Å². The van der Waals surface area contributed by atoms with Crippen LogP contribution in [0.3, 0.4) is 0 Å². The normalized spacial score (nSPS) is 27.2. The van der Waals surface area contributed by atoms with E-state index in [1.165, 1.54) is 6.42 Å². The van der Waals surface area contributed by atoms with Gasteiger partial charge >= 0.3 is 0 Å². The third-order valence-electron chi connectivity index (χ3n) is 5.08. The number of nitrogens with zero attached hydrogens (tertiary/aromatic N) is 1. The molecule has 2 aliphatic rings. The van der Waals surface area contributed by atoms with Crippen LogP contribution in [-0.4, -0.2) is 29.2 Å². The Kier molecular flexibility index (Phi) is 5.41. The molecule has 3 rings (SSSR count). The van der Waals surface area contributed by atoms with Crippen molar-refractivity contribution >= 4 is 24.1 Å². The van der Waals surface area contributed by atoms with Gasteiger partial charge in [0.2, 0.25) is 5.91 Å². The fraction of sp³-hybridized carbons (Fsp3) is 0.765. The van der Waals surface area contributed by atoms with Gasteiger partial charge in [-0.15, -0.1) is 12.4 Å². The largest absolute Gasteiger partial charge is 0.315 e. The second kappa shape index (κ2) is 6.81. The van der Waals surface area contributed by atoms with Crippen molar-refractivity contribution in [1.29, 1.82) is 0 Å². The van der Waals surface area contributed by atoms with Crippen molar-refractivity contribution in [1.82, 2.24) is 15.5 Å². The highest BCUT2D eigenvalue weighted by Crippen LogP contribution is 2.44. The maximum atomic E-state index is 12.9. The zero-order chi connectivity index (χ0) is 15.8. The van der Waals surface area contributed by atoms with Gasteiger partial charge in [-0.05, 0) is 37.1 Å². The molecule has 5 nitrogen and oxygen atoms in total. The SMILES string of the molecule is CC(C)(C)Cc1cc(NC(=O)[C@@]23CCCC[C@H]2CNC3)n[nH]1.Cl. The fourth-order valence-electron chi connectivity index (χ4n) is 4.02. The van der Waals surface area contributed by atoms with Gasteiger partial charge in [-0.25, -0.2) is 0 Å². The van der Waals surface area contributed by atoms with Crippen molar-refractivity contribution in [2.75, 3.05) is 18.4 Å². The summed E-state index contributed by atoms with van der Waals surface area (Å²) in [6, 6.07) is 1.97. The standard InChI is InChI=1S/C17H28N4O.ClH/c1-16(2,3)9-13-8-14(21-20-13)19-15(22)17-7-5-4-6-12(17)10-18-11-17;/h8,12,18H,4-7,9-11H2,1-3H3,(H2,19,20,21,22);1H/t12-,17+;/m0./s1. The molecule has 1 aliphatic carbocycles. The summed E-state index contributed by atoms with van der Waals surface area (Å²) in [6.45, 7) is 8.37. The van der Waals surface area contributed by atoms with E-state index in [0.717, 1.165) is 44.5 Å². The summed E-state index contributed by atoms with van der Waals surface area (Å²) < 4.78 is 0. The van der Waals surface area contributed by atoms with Crippen LogP contribution >= 0.6 is 12.4 Å². The lowest BCUT2D eigenvalue weighted by Gasteiger charge is -2.36. The molecular weight excluding hydrogens is 312 g/mol. The summed E-state index contributed by atoms with van der Waals surface area (Å²) in [7, 11) is 0. The minimum atomic E-state index is -0.221. The number of hydrogen-bond donors (Lipinski definition) is 3. The summed E-state index contributed by atoms with van der Waals surface area (Å²) in [5, 5.41) is 13.8. The fourth-order valence-corrected chi connectivity index (χ4v) is 4.02. The van der Waals surface area contributed by atoms with Gasteiger partial charge in [0.25, 0.3) is 0 Å². The van der Waals surface area contributed by atoms with Crippen molar-refractivity contribution in [3.05, 3.63) is 11.8 Å².